The minimum Gasteiger partial charge on any atom is -0.381 e. The molecule has 0 unspecified atom stereocenters. The van der Waals surface area contributed by atoms with E-state index in [1.807, 2.05) is 55.4 Å². The molecule has 0 radical (unpaired) electrons. The van der Waals surface area contributed by atoms with E-state index in [9.17, 15) is 19.2 Å². The Morgan fingerprint density at radius 3 is 1.48 bits per heavy atom. The molecule has 0 saturated heterocycles. The Morgan fingerprint density at radius 2 is 1.07 bits per heavy atom. The summed E-state index contributed by atoms with van der Waals surface area (Å²) in [5.74, 6) is -0.207. The summed E-state index contributed by atoms with van der Waals surface area (Å²) in [5, 5.41) is 0. The Balaban J connectivity index is 5.52. The third-order valence-corrected chi connectivity index (χ3v) is 6.93. The van der Waals surface area contributed by atoms with Gasteiger partial charge in [-0.2, -0.15) is 0 Å². The van der Waals surface area contributed by atoms with E-state index >= 15 is 0 Å². The normalized spacial score (nSPS) is 12.4. The molecule has 0 aromatic heterocycles. The molecule has 0 aliphatic heterocycles. The predicted octanol–water partition coefficient (Wildman–Crippen LogP) is 4.44. The van der Waals surface area contributed by atoms with Gasteiger partial charge in [-0.1, -0.05) is 27.7 Å². The van der Waals surface area contributed by atoms with Gasteiger partial charge in [0.05, 0.1) is 64.4 Å². The number of carbonyl (C=O) groups is 4. The van der Waals surface area contributed by atoms with Crippen LogP contribution < -0.4 is 0 Å². The van der Waals surface area contributed by atoms with E-state index < -0.39 is 5.54 Å². The van der Waals surface area contributed by atoms with E-state index in [0.717, 1.165) is 0 Å². The maximum atomic E-state index is 13.4. The first kappa shape index (κ1) is 40.3. The first-order valence-corrected chi connectivity index (χ1v) is 15.3. The lowest BCUT2D eigenvalue weighted by atomic mass is 10.00. The highest BCUT2D eigenvalue weighted by Crippen LogP contribution is 2.20. The van der Waals surface area contributed by atoms with Crippen molar-refractivity contribution in [1.29, 1.82) is 0 Å². The Bertz CT molecular complexity index is 780. The summed E-state index contributed by atoms with van der Waals surface area (Å²) >= 11 is 0. The van der Waals surface area contributed by atoms with E-state index in [1.165, 1.54) is 6.92 Å². The average molecular weight is 602 g/mol. The summed E-state index contributed by atoms with van der Waals surface area (Å²) in [5.41, 5.74) is -1.37. The van der Waals surface area contributed by atoms with Gasteiger partial charge in [0.2, 0.25) is 5.91 Å². The van der Waals surface area contributed by atoms with Gasteiger partial charge in [0.25, 0.3) is 0 Å². The lowest BCUT2D eigenvalue weighted by Crippen LogP contribution is -2.59. The van der Waals surface area contributed by atoms with E-state index in [2.05, 4.69) is 0 Å². The van der Waals surface area contributed by atoms with E-state index in [-0.39, 0.29) is 119 Å². The topological polar surface area (TPSA) is 118 Å². The molecule has 0 aliphatic carbocycles. The fourth-order valence-corrected chi connectivity index (χ4v) is 4.05. The molecule has 0 heterocycles. The molecule has 0 saturated carbocycles. The van der Waals surface area contributed by atoms with Crippen LogP contribution in [0.1, 0.15) is 94.4 Å². The van der Waals surface area contributed by atoms with Gasteiger partial charge in [-0.05, 0) is 41.0 Å². The third kappa shape index (κ3) is 18.1. The molecule has 0 aromatic rings. The molecule has 0 aromatic carbocycles. The molecule has 0 fully saturated rings. The number of ether oxygens (including phenoxy) is 5. The van der Waals surface area contributed by atoms with Gasteiger partial charge >= 0.3 is 0 Å². The monoisotopic (exact) mass is 601 g/mol. The number of likely N-dealkylation sites (N-methyl/N-ethyl adjacent to an activating group) is 1. The van der Waals surface area contributed by atoms with Gasteiger partial charge in [0.1, 0.15) is 22.9 Å². The highest BCUT2D eigenvalue weighted by atomic mass is 16.5. The van der Waals surface area contributed by atoms with Crippen LogP contribution in [0.25, 0.3) is 0 Å². The largest absolute Gasteiger partial charge is 0.381 e. The maximum absolute atomic E-state index is 13.4. The van der Waals surface area contributed by atoms with Crippen molar-refractivity contribution in [2.75, 3.05) is 59.9 Å². The average Bonchev–Trinajstić information content (AvgIpc) is 2.88. The van der Waals surface area contributed by atoms with Gasteiger partial charge in [-0.15, -0.1) is 0 Å². The SMILES string of the molecule is CC(=O)CCOCC(COCCC(=O)C(C)C)(COCCC(=O)C(C)C)N(C)C(=O)CCOCCC(C)(C)OC(C)C. The number of carbonyl (C=O) groups excluding carboxylic acids is 4. The molecule has 0 atom stereocenters. The summed E-state index contributed by atoms with van der Waals surface area (Å²) < 4.78 is 29.4. The summed E-state index contributed by atoms with van der Waals surface area (Å²) in [4.78, 5) is 50.7. The zero-order valence-electron chi connectivity index (χ0n) is 28.0. The first-order chi connectivity index (χ1) is 19.5. The molecule has 246 valence electrons. The summed E-state index contributed by atoms with van der Waals surface area (Å²) in [6.07, 6.45) is 1.68. The molecule has 0 spiro atoms. The maximum Gasteiger partial charge on any atom is 0.225 e. The minimum atomic E-state index is -1.04. The fraction of sp³-hybridized carbons (Fsp3) is 0.875. The second-order valence-electron chi connectivity index (χ2n) is 12.6. The zero-order valence-corrected chi connectivity index (χ0v) is 28.0. The molecule has 0 bridgehead atoms. The lowest BCUT2D eigenvalue weighted by molar-refractivity contribution is -0.151. The molecule has 0 N–H and O–H groups in total. The van der Waals surface area contributed by atoms with Crippen LogP contribution in [0.4, 0.5) is 0 Å². The Kier molecular flexibility index (Phi) is 20.2. The summed E-state index contributed by atoms with van der Waals surface area (Å²) in [6, 6.07) is 0. The van der Waals surface area contributed by atoms with Gasteiger partial charge < -0.3 is 28.6 Å². The van der Waals surface area contributed by atoms with Crippen LogP contribution in [0.15, 0.2) is 0 Å². The Hall–Kier alpha value is -1.72. The van der Waals surface area contributed by atoms with Crippen molar-refractivity contribution in [3.8, 4) is 0 Å². The number of ketones is 3. The number of Topliss-reactive ketones (excluding diaryl/α,β-unsaturated/α-hetero) is 3. The molecular formula is C32H59NO9. The second kappa shape index (κ2) is 21.1. The highest BCUT2D eigenvalue weighted by Gasteiger charge is 2.39. The summed E-state index contributed by atoms with van der Waals surface area (Å²) in [7, 11) is 1.67. The van der Waals surface area contributed by atoms with Gasteiger partial charge in [0.15, 0.2) is 0 Å². The second-order valence-corrected chi connectivity index (χ2v) is 12.6. The number of nitrogens with zero attached hydrogens (tertiary/aromatic N) is 1. The van der Waals surface area contributed by atoms with Crippen molar-refractivity contribution < 1.29 is 42.9 Å². The Morgan fingerprint density at radius 1 is 0.643 bits per heavy atom. The van der Waals surface area contributed by atoms with Gasteiger partial charge in [-0.3, -0.25) is 19.2 Å². The van der Waals surface area contributed by atoms with Crippen LogP contribution >= 0.6 is 0 Å². The van der Waals surface area contributed by atoms with Crippen LogP contribution in [0.5, 0.6) is 0 Å². The van der Waals surface area contributed by atoms with E-state index in [4.69, 9.17) is 23.7 Å². The van der Waals surface area contributed by atoms with Crippen LogP contribution in [0.2, 0.25) is 0 Å². The van der Waals surface area contributed by atoms with Crippen molar-refractivity contribution >= 4 is 23.3 Å². The molecule has 1 amide bonds. The zero-order chi connectivity index (χ0) is 32.3. The first-order valence-electron chi connectivity index (χ1n) is 15.3. The molecule has 42 heavy (non-hydrogen) atoms. The molecule has 10 heteroatoms. The molecule has 0 aliphatic rings. The standard InChI is InChI=1S/C32H59NO9/c1-24(2)28(35)12-17-40-22-32(21-39-16-11-27(7)34,23-41-18-13-29(36)25(3)4)33(10)30(37)14-19-38-20-15-31(8,9)42-26(5)6/h24-26H,11-23H2,1-10H3. The van der Waals surface area contributed by atoms with Crippen molar-refractivity contribution in [3.63, 3.8) is 0 Å². The summed E-state index contributed by atoms with van der Waals surface area (Å²) in [6.45, 7) is 18.3. The number of hydrogen-bond acceptors (Lipinski definition) is 9. The molecule has 10 nitrogen and oxygen atoms in total. The predicted molar refractivity (Wildman–Crippen MR) is 163 cm³/mol. The minimum absolute atomic E-state index is 0.00366. The number of rotatable bonds is 26. The van der Waals surface area contributed by atoms with Crippen LogP contribution in [-0.4, -0.2) is 105 Å². The van der Waals surface area contributed by atoms with Crippen molar-refractivity contribution in [1.82, 2.24) is 4.90 Å². The third-order valence-electron chi connectivity index (χ3n) is 6.93. The van der Waals surface area contributed by atoms with Crippen molar-refractivity contribution in [2.24, 2.45) is 11.8 Å². The Labute approximate surface area is 254 Å². The number of amides is 1. The van der Waals surface area contributed by atoms with Gasteiger partial charge in [0, 0.05) is 44.8 Å². The van der Waals surface area contributed by atoms with Crippen molar-refractivity contribution in [3.05, 3.63) is 0 Å². The number of hydrogen-bond donors (Lipinski definition) is 0. The van der Waals surface area contributed by atoms with E-state index in [1.54, 1.807) is 11.9 Å². The molecular weight excluding hydrogens is 542 g/mol. The molecule has 0 rings (SSSR count). The fourth-order valence-electron chi connectivity index (χ4n) is 4.05. The van der Waals surface area contributed by atoms with Crippen LogP contribution in [0.3, 0.4) is 0 Å². The van der Waals surface area contributed by atoms with Gasteiger partial charge in [-0.25, -0.2) is 0 Å². The lowest BCUT2D eigenvalue weighted by Gasteiger charge is -2.41. The van der Waals surface area contributed by atoms with Crippen LogP contribution in [0, 0.1) is 11.8 Å². The van der Waals surface area contributed by atoms with E-state index in [0.29, 0.717) is 13.0 Å². The van der Waals surface area contributed by atoms with Crippen LogP contribution in [-0.2, 0) is 42.9 Å². The smallest absolute Gasteiger partial charge is 0.225 e. The highest BCUT2D eigenvalue weighted by molar-refractivity contribution is 5.80. The van der Waals surface area contributed by atoms with Crippen molar-refractivity contribution in [2.45, 2.75) is 112 Å². The quantitative estimate of drug-likeness (QED) is 0.133.